The van der Waals surface area contributed by atoms with Crippen LogP contribution in [0.3, 0.4) is 0 Å². The molecule has 0 amide bonds. The minimum absolute atomic E-state index is 0.303. The quantitative estimate of drug-likeness (QED) is 0.749. The van der Waals surface area contributed by atoms with Crippen LogP contribution in [0.2, 0.25) is 0 Å². The summed E-state index contributed by atoms with van der Waals surface area (Å²) in [5, 5.41) is 13.4. The maximum atomic E-state index is 10.1. The molecule has 1 aromatic heterocycles. The van der Waals surface area contributed by atoms with Gasteiger partial charge in [0, 0.05) is 51.7 Å². The van der Waals surface area contributed by atoms with Crippen molar-refractivity contribution in [3.63, 3.8) is 0 Å². The van der Waals surface area contributed by atoms with Gasteiger partial charge in [0.05, 0.1) is 6.10 Å². The molecular weight excluding hydrogens is 266 g/mol. The molecule has 0 spiro atoms. The smallest absolute Gasteiger partial charge is 0.225 e. The van der Waals surface area contributed by atoms with Crippen molar-refractivity contribution in [1.82, 2.24) is 20.2 Å². The Balaban J connectivity index is 1.67. The van der Waals surface area contributed by atoms with Crippen molar-refractivity contribution >= 4 is 5.95 Å². The first kappa shape index (κ1) is 16.1. The van der Waals surface area contributed by atoms with Gasteiger partial charge in [-0.15, -0.1) is 0 Å². The standard InChI is InChI=1S/C15H27N5O/c1-13(2)10-16-11-14(21)12-19-6-8-20(9-7-19)15-17-4-3-5-18-15/h3-5,13-14,16,21H,6-12H2,1-2H3. The molecule has 2 rings (SSSR count). The van der Waals surface area contributed by atoms with Gasteiger partial charge in [-0.2, -0.15) is 0 Å². The van der Waals surface area contributed by atoms with Crippen molar-refractivity contribution in [1.29, 1.82) is 0 Å². The maximum Gasteiger partial charge on any atom is 0.225 e. The van der Waals surface area contributed by atoms with Crippen LogP contribution in [0.4, 0.5) is 5.95 Å². The lowest BCUT2D eigenvalue weighted by Crippen LogP contribution is -2.50. The molecule has 1 aliphatic rings. The molecule has 2 N–H and O–H groups in total. The van der Waals surface area contributed by atoms with E-state index in [1.807, 2.05) is 6.07 Å². The third-order valence-corrected chi connectivity index (χ3v) is 3.61. The number of hydrogen-bond acceptors (Lipinski definition) is 6. The molecule has 1 unspecified atom stereocenters. The zero-order valence-corrected chi connectivity index (χ0v) is 13.1. The van der Waals surface area contributed by atoms with Crippen LogP contribution in [0.1, 0.15) is 13.8 Å². The van der Waals surface area contributed by atoms with Crippen molar-refractivity contribution in [2.45, 2.75) is 20.0 Å². The number of aliphatic hydroxyl groups excluding tert-OH is 1. The normalized spacial score (nSPS) is 18.2. The largest absolute Gasteiger partial charge is 0.390 e. The molecule has 1 aliphatic heterocycles. The van der Waals surface area contributed by atoms with E-state index >= 15 is 0 Å². The average Bonchev–Trinajstić information content (AvgIpc) is 2.48. The summed E-state index contributed by atoms with van der Waals surface area (Å²) < 4.78 is 0. The molecule has 0 aliphatic carbocycles. The summed E-state index contributed by atoms with van der Waals surface area (Å²) in [5.74, 6) is 1.42. The first-order valence-corrected chi connectivity index (χ1v) is 7.78. The highest BCUT2D eigenvalue weighted by Gasteiger charge is 2.20. The lowest BCUT2D eigenvalue weighted by molar-refractivity contribution is 0.107. The predicted octanol–water partition coefficient (Wildman–Crippen LogP) is 0.205. The zero-order chi connectivity index (χ0) is 15.1. The van der Waals surface area contributed by atoms with Crippen LogP contribution in [0.25, 0.3) is 0 Å². The minimum atomic E-state index is -0.303. The van der Waals surface area contributed by atoms with Crippen LogP contribution in [-0.2, 0) is 0 Å². The minimum Gasteiger partial charge on any atom is -0.390 e. The first-order chi connectivity index (χ1) is 10.1. The molecule has 1 saturated heterocycles. The lowest BCUT2D eigenvalue weighted by atomic mass is 10.2. The molecule has 6 nitrogen and oxygen atoms in total. The Morgan fingerprint density at radius 1 is 1.14 bits per heavy atom. The number of piperazine rings is 1. The third kappa shape index (κ3) is 5.57. The Morgan fingerprint density at radius 2 is 1.81 bits per heavy atom. The van der Waals surface area contributed by atoms with E-state index in [1.165, 1.54) is 0 Å². The van der Waals surface area contributed by atoms with Gasteiger partial charge in [-0.3, -0.25) is 4.90 Å². The van der Waals surface area contributed by atoms with Gasteiger partial charge in [-0.05, 0) is 18.5 Å². The van der Waals surface area contributed by atoms with Crippen LogP contribution >= 0.6 is 0 Å². The van der Waals surface area contributed by atoms with E-state index in [4.69, 9.17) is 0 Å². The van der Waals surface area contributed by atoms with E-state index in [-0.39, 0.29) is 6.10 Å². The fourth-order valence-electron chi connectivity index (χ4n) is 2.49. The number of hydrogen-bond donors (Lipinski definition) is 2. The number of anilines is 1. The Labute approximate surface area is 127 Å². The molecule has 0 aromatic carbocycles. The second-order valence-electron chi connectivity index (χ2n) is 6.04. The van der Waals surface area contributed by atoms with Crippen LogP contribution in [0.5, 0.6) is 0 Å². The summed E-state index contributed by atoms with van der Waals surface area (Å²) >= 11 is 0. The lowest BCUT2D eigenvalue weighted by Gasteiger charge is -2.35. The van der Waals surface area contributed by atoms with E-state index in [0.717, 1.165) is 45.2 Å². The molecule has 21 heavy (non-hydrogen) atoms. The van der Waals surface area contributed by atoms with E-state index in [0.29, 0.717) is 12.5 Å². The molecule has 1 atom stereocenters. The van der Waals surface area contributed by atoms with Gasteiger partial charge in [-0.1, -0.05) is 13.8 Å². The Hall–Kier alpha value is -1.24. The van der Waals surface area contributed by atoms with Crippen molar-refractivity contribution < 1.29 is 5.11 Å². The highest BCUT2D eigenvalue weighted by Crippen LogP contribution is 2.09. The van der Waals surface area contributed by atoms with Crippen LogP contribution < -0.4 is 10.2 Å². The monoisotopic (exact) mass is 293 g/mol. The zero-order valence-electron chi connectivity index (χ0n) is 13.1. The fourth-order valence-corrected chi connectivity index (χ4v) is 2.49. The summed E-state index contributed by atoms with van der Waals surface area (Å²) in [7, 11) is 0. The highest BCUT2D eigenvalue weighted by atomic mass is 16.3. The Morgan fingerprint density at radius 3 is 2.43 bits per heavy atom. The summed E-state index contributed by atoms with van der Waals surface area (Å²) in [4.78, 5) is 13.1. The van der Waals surface area contributed by atoms with Crippen molar-refractivity contribution in [3.05, 3.63) is 18.5 Å². The van der Waals surface area contributed by atoms with Crippen LogP contribution in [0, 0.1) is 5.92 Å². The Bertz CT molecular complexity index is 392. The third-order valence-electron chi connectivity index (χ3n) is 3.61. The SMILES string of the molecule is CC(C)CNCC(O)CN1CCN(c2ncccn2)CC1. The number of aromatic nitrogens is 2. The van der Waals surface area contributed by atoms with Crippen molar-refractivity contribution in [3.8, 4) is 0 Å². The summed E-state index contributed by atoms with van der Waals surface area (Å²) in [6, 6.07) is 1.83. The van der Waals surface area contributed by atoms with Crippen LogP contribution in [-0.4, -0.2) is 71.9 Å². The first-order valence-electron chi connectivity index (χ1n) is 7.78. The van der Waals surface area contributed by atoms with E-state index in [1.54, 1.807) is 12.4 Å². The summed E-state index contributed by atoms with van der Waals surface area (Å²) in [6.07, 6.45) is 3.25. The molecule has 0 bridgehead atoms. The molecule has 118 valence electrons. The molecule has 0 radical (unpaired) electrons. The van der Waals surface area contributed by atoms with E-state index < -0.39 is 0 Å². The summed E-state index contributed by atoms with van der Waals surface area (Å²) in [6.45, 7) is 10.4. The number of aliphatic hydroxyl groups is 1. The van der Waals surface area contributed by atoms with Gasteiger partial charge >= 0.3 is 0 Å². The van der Waals surface area contributed by atoms with E-state index in [9.17, 15) is 5.11 Å². The second kappa shape index (κ2) is 8.26. The second-order valence-corrected chi connectivity index (χ2v) is 6.04. The van der Waals surface area contributed by atoms with Gasteiger partial charge in [0.15, 0.2) is 0 Å². The van der Waals surface area contributed by atoms with E-state index in [2.05, 4.69) is 38.9 Å². The van der Waals surface area contributed by atoms with Crippen molar-refractivity contribution in [2.24, 2.45) is 5.92 Å². The molecule has 6 heteroatoms. The van der Waals surface area contributed by atoms with Crippen LogP contribution in [0.15, 0.2) is 18.5 Å². The van der Waals surface area contributed by atoms with Gasteiger partial charge in [0.2, 0.25) is 5.95 Å². The molecular formula is C15H27N5O. The highest BCUT2D eigenvalue weighted by molar-refractivity contribution is 5.29. The number of nitrogens with one attached hydrogen (secondary N) is 1. The van der Waals surface area contributed by atoms with Gasteiger partial charge < -0.3 is 15.3 Å². The molecule has 2 heterocycles. The number of nitrogens with zero attached hydrogens (tertiary/aromatic N) is 4. The number of β-amino-alcohol motifs (C(OH)–C–C–N with tert-alkyl or cyclic N) is 1. The summed E-state index contributed by atoms with van der Waals surface area (Å²) in [5.41, 5.74) is 0. The predicted molar refractivity (Wildman–Crippen MR) is 84.4 cm³/mol. The van der Waals surface area contributed by atoms with Gasteiger partial charge in [0.1, 0.15) is 0 Å². The number of rotatable bonds is 7. The average molecular weight is 293 g/mol. The van der Waals surface area contributed by atoms with Crippen molar-refractivity contribution in [2.75, 3.05) is 50.7 Å². The Kier molecular flexibility index (Phi) is 6.35. The fraction of sp³-hybridized carbons (Fsp3) is 0.733. The van der Waals surface area contributed by atoms with Gasteiger partial charge in [0.25, 0.3) is 0 Å². The maximum absolute atomic E-state index is 10.1. The van der Waals surface area contributed by atoms with Gasteiger partial charge in [-0.25, -0.2) is 9.97 Å². The molecule has 1 fully saturated rings. The molecule has 1 aromatic rings. The topological polar surface area (TPSA) is 64.5 Å². The molecule has 0 saturated carbocycles.